The third-order valence-corrected chi connectivity index (χ3v) is 3.90. The van der Waals surface area contributed by atoms with Crippen molar-refractivity contribution in [1.29, 1.82) is 0 Å². The molecule has 18 heavy (non-hydrogen) atoms. The molecule has 1 saturated heterocycles. The molecule has 1 aliphatic heterocycles. The first-order valence-electron chi connectivity index (χ1n) is 6.42. The van der Waals surface area contributed by atoms with Gasteiger partial charge < -0.3 is 9.88 Å². The molecule has 0 bridgehead atoms. The SMILES string of the molecule is Cl.Cl.Cn1cccc1[C@H](C1CC1)N1CCNCC1. The Morgan fingerprint density at radius 1 is 1.22 bits per heavy atom. The number of aryl methyl sites for hydroxylation is 1. The van der Waals surface area contributed by atoms with Gasteiger partial charge in [0.1, 0.15) is 0 Å². The zero-order valence-corrected chi connectivity index (χ0v) is 12.5. The van der Waals surface area contributed by atoms with E-state index in [2.05, 4.69) is 40.2 Å². The number of hydrogen-bond donors (Lipinski definition) is 1. The molecule has 0 spiro atoms. The lowest BCUT2D eigenvalue weighted by atomic mass is 10.1. The fourth-order valence-electron chi connectivity index (χ4n) is 2.88. The van der Waals surface area contributed by atoms with Gasteiger partial charge in [0, 0.05) is 45.1 Å². The quantitative estimate of drug-likeness (QED) is 0.922. The molecule has 1 saturated carbocycles. The van der Waals surface area contributed by atoms with Crippen LogP contribution >= 0.6 is 24.8 Å². The fourth-order valence-corrected chi connectivity index (χ4v) is 2.88. The van der Waals surface area contributed by atoms with Gasteiger partial charge in [-0.2, -0.15) is 0 Å². The van der Waals surface area contributed by atoms with E-state index in [0.29, 0.717) is 6.04 Å². The Morgan fingerprint density at radius 3 is 2.39 bits per heavy atom. The molecule has 2 heterocycles. The molecule has 1 atom stereocenters. The van der Waals surface area contributed by atoms with E-state index < -0.39 is 0 Å². The van der Waals surface area contributed by atoms with Crippen LogP contribution in [-0.2, 0) is 7.05 Å². The molecular formula is C13H23Cl2N3. The van der Waals surface area contributed by atoms with Gasteiger partial charge in [-0.15, -0.1) is 24.8 Å². The molecule has 2 aliphatic rings. The molecule has 5 heteroatoms. The highest BCUT2D eigenvalue weighted by molar-refractivity contribution is 5.85. The lowest BCUT2D eigenvalue weighted by Gasteiger charge is -2.35. The summed E-state index contributed by atoms with van der Waals surface area (Å²) in [4.78, 5) is 2.67. The minimum atomic E-state index is 0. The van der Waals surface area contributed by atoms with Crippen LogP contribution in [0.2, 0.25) is 0 Å². The summed E-state index contributed by atoms with van der Waals surface area (Å²) >= 11 is 0. The van der Waals surface area contributed by atoms with Crippen molar-refractivity contribution in [2.24, 2.45) is 13.0 Å². The van der Waals surface area contributed by atoms with E-state index in [1.165, 1.54) is 31.6 Å². The van der Waals surface area contributed by atoms with E-state index >= 15 is 0 Å². The topological polar surface area (TPSA) is 20.2 Å². The summed E-state index contributed by atoms with van der Waals surface area (Å²) in [5.41, 5.74) is 1.50. The molecule has 0 unspecified atom stereocenters. The maximum atomic E-state index is 3.44. The molecule has 1 aliphatic carbocycles. The summed E-state index contributed by atoms with van der Waals surface area (Å²) in [6, 6.07) is 5.14. The molecule has 3 nitrogen and oxygen atoms in total. The molecule has 2 fully saturated rings. The first kappa shape index (κ1) is 15.8. The summed E-state index contributed by atoms with van der Waals surface area (Å²) in [5.74, 6) is 0.909. The molecule has 0 radical (unpaired) electrons. The summed E-state index contributed by atoms with van der Waals surface area (Å²) in [5, 5.41) is 3.44. The fraction of sp³-hybridized carbons (Fsp3) is 0.692. The molecular weight excluding hydrogens is 269 g/mol. The first-order valence-corrected chi connectivity index (χ1v) is 6.42. The van der Waals surface area contributed by atoms with Crippen LogP contribution in [0.15, 0.2) is 18.3 Å². The van der Waals surface area contributed by atoms with Crippen LogP contribution in [-0.4, -0.2) is 35.6 Å². The minimum Gasteiger partial charge on any atom is -0.353 e. The average molecular weight is 292 g/mol. The third-order valence-electron chi connectivity index (χ3n) is 3.90. The van der Waals surface area contributed by atoms with Crippen molar-refractivity contribution in [1.82, 2.24) is 14.8 Å². The standard InChI is InChI=1S/C13H21N3.2ClH/c1-15-8-2-3-12(15)13(11-4-5-11)16-9-6-14-7-10-16;;/h2-3,8,11,13-14H,4-7,9-10H2,1H3;2*1H/t13-;;/m0../s1. The van der Waals surface area contributed by atoms with E-state index in [1.54, 1.807) is 0 Å². The number of halogens is 2. The van der Waals surface area contributed by atoms with Crippen molar-refractivity contribution in [2.45, 2.75) is 18.9 Å². The van der Waals surface area contributed by atoms with E-state index in [-0.39, 0.29) is 24.8 Å². The lowest BCUT2D eigenvalue weighted by molar-refractivity contribution is 0.150. The van der Waals surface area contributed by atoms with Crippen LogP contribution in [0.1, 0.15) is 24.6 Å². The molecule has 3 rings (SSSR count). The van der Waals surface area contributed by atoms with Crippen molar-refractivity contribution < 1.29 is 0 Å². The van der Waals surface area contributed by atoms with Crippen molar-refractivity contribution in [3.8, 4) is 0 Å². The number of piperazine rings is 1. The Labute approximate surface area is 122 Å². The first-order chi connectivity index (χ1) is 7.86. The third kappa shape index (κ3) is 3.21. The smallest absolute Gasteiger partial charge is 0.0529 e. The Kier molecular flexibility index (Phi) is 5.99. The average Bonchev–Trinajstić information content (AvgIpc) is 3.05. The van der Waals surface area contributed by atoms with Crippen LogP contribution in [0.25, 0.3) is 0 Å². The Morgan fingerprint density at radius 2 is 1.89 bits per heavy atom. The van der Waals surface area contributed by atoms with Crippen LogP contribution in [0.4, 0.5) is 0 Å². The highest BCUT2D eigenvalue weighted by atomic mass is 35.5. The van der Waals surface area contributed by atoms with Gasteiger partial charge in [0.25, 0.3) is 0 Å². The van der Waals surface area contributed by atoms with Gasteiger partial charge in [0.2, 0.25) is 0 Å². The maximum Gasteiger partial charge on any atom is 0.0529 e. The predicted octanol–water partition coefficient (Wildman–Crippen LogP) is 2.22. The monoisotopic (exact) mass is 291 g/mol. The van der Waals surface area contributed by atoms with Crippen LogP contribution in [0.5, 0.6) is 0 Å². The highest BCUT2D eigenvalue weighted by Crippen LogP contribution is 2.44. The van der Waals surface area contributed by atoms with Gasteiger partial charge in [-0.25, -0.2) is 0 Å². The molecule has 104 valence electrons. The summed E-state index contributed by atoms with van der Waals surface area (Å²) < 4.78 is 2.30. The summed E-state index contributed by atoms with van der Waals surface area (Å²) in [7, 11) is 2.17. The van der Waals surface area contributed by atoms with Gasteiger partial charge >= 0.3 is 0 Å². The molecule has 1 N–H and O–H groups in total. The molecule has 1 aromatic rings. The van der Waals surface area contributed by atoms with Crippen LogP contribution in [0, 0.1) is 5.92 Å². The maximum absolute atomic E-state index is 3.44. The summed E-state index contributed by atoms with van der Waals surface area (Å²) in [6.07, 6.45) is 5.01. The molecule has 1 aromatic heterocycles. The number of nitrogens with one attached hydrogen (secondary N) is 1. The van der Waals surface area contributed by atoms with Crippen LogP contribution < -0.4 is 5.32 Å². The highest BCUT2D eigenvalue weighted by Gasteiger charge is 2.37. The Balaban J connectivity index is 0.000000810. The number of hydrogen-bond acceptors (Lipinski definition) is 2. The van der Waals surface area contributed by atoms with E-state index in [0.717, 1.165) is 19.0 Å². The van der Waals surface area contributed by atoms with Crippen molar-refractivity contribution >= 4 is 24.8 Å². The predicted molar refractivity (Wildman–Crippen MR) is 79.8 cm³/mol. The second-order valence-corrected chi connectivity index (χ2v) is 5.11. The lowest BCUT2D eigenvalue weighted by Crippen LogP contribution is -2.46. The zero-order chi connectivity index (χ0) is 11.0. The Bertz CT molecular complexity index is 357. The van der Waals surface area contributed by atoms with Gasteiger partial charge in [0.15, 0.2) is 0 Å². The van der Waals surface area contributed by atoms with E-state index in [1.807, 2.05) is 0 Å². The molecule has 0 amide bonds. The largest absolute Gasteiger partial charge is 0.353 e. The van der Waals surface area contributed by atoms with Gasteiger partial charge in [-0.1, -0.05) is 0 Å². The zero-order valence-electron chi connectivity index (χ0n) is 10.8. The van der Waals surface area contributed by atoms with Crippen molar-refractivity contribution in [3.63, 3.8) is 0 Å². The van der Waals surface area contributed by atoms with Gasteiger partial charge in [0.05, 0.1) is 6.04 Å². The number of rotatable bonds is 3. The van der Waals surface area contributed by atoms with Gasteiger partial charge in [-0.05, 0) is 30.9 Å². The second-order valence-electron chi connectivity index (χ2n) is 5.11. The number of nitrogens with zero attached hydrogens (tertiary/aromatic N) is 2. The Hall–Kier alpha value is -0.220. The van der Waals surface area contributed by atoms with E-state index in [4.69, 9.17) is 0 Å². The normalized spacial score (nSPS) is 21.8. The van der Waals surface area contributed by atoms with Crippen molar-refractivity contribution in [2.75, 3.05) is 26.2 Å². The summed E-state index contributed by atoms with van der Waals surface area (Å²) in [6.45, 7) is 4.69. The number of aromatic nitrogens is 1. The van der Waals surface area contributed by atoms with Crippen LogP contribution in [0.3, 0.4) is 0 Å². The second kappa shape index (κ2) is 6.80. The van der Waals surface area contributed by atoms with E-state index in [9.17, 15) is 0 Å². The van der Waals surface area contributed by atoms with Gasteiger partial charge in [-0.3, -0.25) is 4.90 Å². The van der Waals surface area contributed by atoms with Crippen molar-refractivity contribution in [3.05, 3.63) is 24.0 Å². The molecule has 0 aromatic carbocycles. The minimum absolute atomic E-state index is 0.